The average Bonchev–Trinajstić information content (AvgIpc) is 2.56. The molecular formula is C17H21N3O2S. The maximum Gasteiger partial charge on any atom is 0.262 e. The molecule has 0 saturated carbocycles. The molecule has 122 valence electrons. The third-order valence-electron chi connectivity index (χ3n) is 3.34. The summed E-state index contributed by atoms with van der Waals surface area (Å²) in [4.78, 5) is 29.2. The number of nitrogens with zero attached hydrogens (tertiary/aromatic N) is 2. The van der Waals surface area contributed by atoms with Gasteiger partial charge in [0.2, 0.25) is 5.91 Å². The first kappa shape index (κ1) is 17.3. The Balaban J connectivity index is 2.38. The van der Waals surface area contributed by atoms with E-state index in [0.717, 1.165) is 6.42 Å². The minimum absolute atomic E-state index is 0.0515. The molecule has 1 aromatic carbocycles. The van der Waals surface area contributed by atoms with Gasteiger partial charge in [-0.1, -0.05) is 36.9 Å². The Morgan fingerprint density at radius 1 is 1.48 bits per heavy atom. The number of hydrogen-bond donors (Lipinski definition) is 1. The molecule has 1 N–H and O–H groups in total. The van der Waals surface area contributed by atoms with Gasteiger partial charge in [0, 0.05) is 13.1 Å². The van der Waals surface area contributed by atoms with E-state index in [2.05, 4.69) is 16.9 Å². The zero-order valence-electron chi connectivity index (χ0n) is 13.4. The van der Waals surface area contributed by atoms with Crippen molar-refractivity contribution in [2.45, 2.75) is 37.2 Å². The minimum atomic E-state index is -0.328. The highest BCUT2D eigenvalue weighted by molar-refractivity contribution is 8.00. The van der Waals surface area contributed by atoms with Crippen LogP contribution < -0.4 is 10.9 Å². The fourth-order valence-electron chi connectivity index (χ4n) is 2.13. The molecule has 0 radical (unpaired) electrons. The molecular weight excluding hydrogens is 310 g/mol. The summed E-state index contributed by atoms with van der Waals surface area (Å²) in [5.41, 5.74) is 0.528. The molecule has 23 heavy (non-hydrogen) atoms. The molecule has 1 amide bonds. The number of rotatable bonds is 7. The number of thioether (sulfide) groups is 1. The molecule has 0 aliphatic heterocycles. The SMILES string of the molecule is C=CCn1c(S[C@@H](C)C(=O)NCCC)nc2ccccc2c1=O. The number of hydrogen-bond acceptors (Lipinski definition) is 4. The third-order valence-corrected chi connectivity index (χ3v) is 4.43. The molecule has 1 heterocycles. The van der Waals surface area contributed by atoms with E-state index in [-0.39, 0.29) is 16.7 Å². The zero-order valence-corrected chi connectivity index (χ0v) is 14.2. The predicted octanol–water partition coefficient (Wildman–Crippen LogP) is 2.59. The van der Waals surface area contributed by atoms with E-state index in [9.17, 15) is 9.59 Å². The lowest BCUT2D eigenvalue weighted by Crippen LogP contribution is -2.32. The maximum absolute atomic E-state index is 12.6. The first-order valence-corrected chi connectivity index (χ1v) is 8.51. The smallest absolute Gasteiger partial charge is 0.262 e. The Bertz CT molecular complexity index is 770. The lowest BCUT2D eigenvalue weighted by atomic mass is 10.2. The summed E-state index contributed by atoms with van der Waals surface area (Å²) in [7, 11) is 0. The number of amides is 1. The van der Waals surface area contributed by atoms with Crippen LogP contribution in [0.4, 0.5) is 0 Å². The molecule has 1 atom stereocenters. The van der Waals surface area contributed by atoms with Crippen molar-refractivity contribution in [3.63, 3.8) is 0 Å². The van der Waals surface area contributed by atoms with E-state index in [4.69, 9.17) is 0 Å². The quantitative estimate of drug-likeness (QED) is 0.481. The van der Waals surface area contributed by atoms with Crippen LogP contribution >= 0.6 is 11.8 Å². The van der Waals surface area contributed by atoms with Gasteiger partial charge >= 0.3 is 0 Å². The normalized spacial score (nSPS) is 12.1. The summed E-state index contributed by atoms with van der Waals surface area (Å²) in [6.07, 6.45) is 2.54. The molecule has 0 bridgehead atoms. The van der Waals surface area contributed by atoms with Gasteiger partial charge in [0.05, 0.1) is 16.2 Å². The van der Waals surface area contributed by atoms with Crippen LogP contribution in [0.3, 0.4) is 0 Å². The first-order chi connectivity index (χ1) is 11.1. The van der Waals surface area contributed by atoms with Gasteiger partial charge in [0.25, 0.3) is 5.56 Å². The summed E-state index contributed by atoms with van der Waals surface area (Å²) in [5, 5.41) is 3.64. The summed E-state index contributed by atoms with van der Waals surface area (Å²) in [6, 6.07) is 7.23. The molecule has 2 aromatic rings. The minimum Gasteiger partial charge on any atom is -0.355 e. The van der Waals surface area contributed by atoms with Gasteiger partial charge in [-0.05, 0) is 25.5 Å². The van der Waals surface area contributed by atoms with Crippen molar-refractivity contribution in [1.29, 1.82) is 0 Å². The molecule has 0 aliphatic rings. The Labute approximate surface area is 139 Å². The highest BCUT2D eigenvalue weighted by Crippen LogP contribution is 2.22. The van der Waals surface area contributed by atoms with Crippen molar-refractivity contribution in [3.8, 4) is 0 Å². The van der Waals surface area contributed by atoms with Crippen molar-refractivity contribution >= 4 is 28.6 Å². The van der Waals surface area contributed by atoms with Gasteiger partial charge in [0.15, 0.2) is 5.16 Å². The van der Waals surface area contributed by atoms with Gasteiger partial charge in [-0.2, -0.15) is 0 Å². The molecule has 1 aromatic heterocycles. The lowest BCUT2D eigenvalue weighted by molar-refractivity contribution is -0.120. The summed E-state index contributed by atoms with van der Waals surface area (Å²) in [6.45, 7) is 8.53. The molecule has 2 rings (SSSR count). The van der Waals surface area contributed by atoms with Crippen LogP contribution in [-0.4, -0.2) is 27.3 Å². The Morgan fingerprint density at radius 3 is 2.91 bits per heavy atom. The van der Waals surface area contributed by atoms with Crippen molar-refractivity contribution in [3.05, 3.63) is 47.3 Å². The Hall–Kier alpha value is -2.08. The van der Waals surface area contributed by atoms with Gasteiger partial charge in [-0.25, -0.2) is 4.98 Å². The van der Waals surface area contributed by atoms with Crippen molar-refractivity contribution in [1.82, 2.24) is 14.9 Å². The summed E-state index contributed by atoms with van der Waals surface area (Å²) >= 11 is 1.29. The average molecular weight is 331 g/mol. The van der Waals surface area contributed by atoms with Crippen molar-refractivity contribution in [2.24, 2.45) is 0 Å². The largest absolute Gasteiger partial charge is 0.355 e. The van der Waals surface area contributed by atoms with E-state index in [0.29, 0.717) is 29.1 Å². The van der Waals surface area contributed by atoms with Gasteiger partial charge < -0.3 is 5.32 Å². The van der Waals surface area contributed by atoms with Crippen molar-refractivity contribution < 1.29 is 4.79 Å². The molecule has 0 aliphatic carbocycles. The maximum atomic E-state index is 12.6. The highest BCUT2D eigenvalue weighted by Gasteiger charge is 2.18. The highest BCUT2D eigenvalue weighted by atomic mass is 32.2. The fourth-order valence-corrected chi connectivity index (χ4v) is 3.07. The summed E-state index contributed by atoms with van der Waals surface area (Å²) < 4.78 is 1.56. The molecule has 6 heteroatoms. The van der Waals surface area contributed by atoms with Crippen LogP contribution in [0.25, 0.3) is 10.9 Å². The van der Waals surface area contributed by atoms with E-state index >= 15 is 0 Å². The molecule has 5 nitrogen and oxygen atoms in total. The number of para-hydroxylation sites is 1. The van der Waals surface area contributed by atoms with E-state index in [1.807, 2.05) is 26.0 Å². The number of benzene rings is 1. The zero-order chi connectivity index (χ0) is 16.8. The number of aromatic nitrogens is 2. The topological polar surface area (TPSA) is 64.0 Å². The summed E-state index contributed by atoms with van der Waals surface area (Å²) in [5.74, 6) is -0.0515. The second-order valence-corrected chi connectivity index (χ2v) is 6.48. The Kier molecular flexibility index (Phi) is 5.98. The fraction of sp³-hybridized carbons (Fsp3) is 0.353. The second-order valence-electron chi connectivity index (χ2n) is 5.17. The number of carbonyl (C=O) groups is 1. The number of nitrogens with one attached hydrogen (secondary N) is 1. The third kappa shape index (κ3) is 4.01. The van der Waals surface area contributed by atoms with Gasteiger partial charge in [0.1, 0.15) is 0 Å². The number of allylic oxidation sites excluding steroid dienone is 1. The van der Waals surface area contributed by atoms with Crippen LogP contribution in [0.15, 0.2) is 46.9 Å². The van der Waals surface area contributed by atoms with Crippen LogP contribution in [0.1, 0.15) is 20.3 Å². The van der Waals surface area contributed by atoms with Gasteiger partial charge in [-0.15, -0.1) is 6.58 Å². The van der Waals surface area contributed by atoms with Crippen molar-refractivity contribution in [2.75, 3.05) is 6.54 Å². The molecule has 0 saturated heterocycles. The van der Waals surface area contributed by atoms with Crippen LogP contribution in [0, 0.1) is 0 Å². The molecule has 0 fully saturated rings. The first-order valence-electron chi connectivity index (χ1n) is 7.63. The Morgan fingerprint density at radius 2 is 2.22 bits per heavy atom. The lowest BCUT2D eigenvalue weighted by Gasteiger charge is -2.15. The van der Waals surface area contributed by atoms with Crippen LogP contribution in [-0.2, 0) is 11.3 Å². The van der Waals surface area contributed by atoms with Crippen LogP contribution in [0.2, 0.25) is 0 Å². The predicted molar refractivity (Wildman–Crippen MR) is 94.8 cm³/mol. The number of fused-ring (bicyclic) bond motifs is 1. The van der Waals surface area contributed by atoms with E-state index < -0.39 is 0 Å². The molecule has 0 spiro atoms. The standard InChI is InChI=1S/C17H21N3O2S/c1-4-10-18-15(21)12(3)23-17-19-14-9-7-6-8-13(14)16(22)20(17)11-5-2/h5-9,12H,2,4,10-11H2,1,3H3,(H,18,21)/t12-/m0/s1. The molecule has 0 unspecified atom stereocenters. The van der Waals surface area contributed by atoms with Gasteiger partial charge in [-0.3, -0.25) is 14.2 Å². The van der Waals surface area contributed by atoms with E-state index in [1.54, 1.807) is 22.8 Å². The number of carbonyl (C=O) groups excluding carboxylic acids is 1. The van der Waals surface area contributed by atoms with Crippen LogP contribution in [0.5, 0.6) is 0 Å². The second kappa shape index (κ2) is 7.97. The monoisotopic (exact) mass is 331 g/mol. The van der Waals surface area contributed by atoms with E-state index in [1.165, 1.54) is 11.8 Å².